The summed E-state index contributed by atoms with van der Waals surface area (Å²) in [6.07, 6.45) is 0. The van der Waals surface area contributed by atoms with Crippen LogP contribution in [0.1, 0.15) is 5.56 Å². The third-order valence-electron chi connectivity index (χ3n) is 3.37. The first kappa shape index (κ1) is 12.2. The molecule has 0 aliphatic heterocycles. The van der Waals surface area contributed by atoms with E-state index in [-0.39, 0.29) is 11.5 Å². The Bertz CT molecular complexity index is 833. The van der Waals surface area contributed by atoms with Crippen LogP contribution in [0.5, 0.6) is 0 Å². The lowest BCUT2D eigenvalue weighted by Gasteiger charge is -2.13. The van der Waals surface area contributed by atoms with Gasteiger partial charge in [0.15, 0.2) is 0 Å². The van der Waals surface area contributed by atoms with Gasteiger partial charge >= 0.3 is 0 Å². The molecule has 0 fully saturated rings. The smallest absolute Gasteiger partial charge is 0.141 e. The minimum atomic E-state index is -0.386. The molecule has 0 amide bonds. The lowest BCUT2D eigenvalue weighted by Crippen LogP contribution is -2.00. The van der Waals surface area contributed by atoms with Crippen molar-refractivity contribution in [3.63, 3.8) is 0 Å². The maximum absolute atomic E-state index is 14.7. The quantitative estimate of drug-likeness (QED) is 0.671. The molecule has 0 spiro atoms. The van der Waals surface area contributed by atoms with E-state index in [0.717, 1.165) is 0 Å². The molecule has 96 valence electrons. The van der Waals surface area contributed by atoms with Crippen molar-refractivity contribution in [2.75, 3.05) is 5.73 Å². The Kier molecular flexibility index (Phi) is 2.85. The summed E-state index contributed by atoms with van der Waals surface area (Å²) < 4.78 is 14.7. The number of nitrogens with two attached hydrogens (primary N) is 1. The molecular weight excluding hydrogens is 251 g/mol. The summed E-state index contributed by atoms with van der Waals surface area (Å²) >= 11 is 0. The van der Waals surface area contributed by atoms with E-state index in [1.165, 1.54) is 0 Å². The van der Waals surface area contributed by atoms with Crippen molar-refractivity contribution in [1.82, 2.24) is 0 Å². The molecule has 3 aromatic rings. The molecule has 0 aliphatic rings. The van der Waals surface area contributed by atoms with Crippen LogP contribution >= 0.6 is 0 Å². The van der Waals surface area contributed by atoms with Crippen LogP contribution < -0.4 is 5.73 Å². The number of nitrogen functional groups attached to an aromatic ring is 1. The zero-order chi connectivity index (χ0) is 14.1. The molecule has 0 aliphatic carbocycles. The third-order valence-corrected chi connectivity index (χ3v) is 3.37. The molecule has 2 N–H and O–H groups in total. The average molecular weight is 262 g/mol. The van der Waals surface area contributed by atoms with Crippen molar-refractivity contribution in [2.45, 2.75) is 0 Å². The fourth-order valence-corrected chi connectivity index (χ4v) is 2.42. The highest BCUT2D eigenvalue weighted by molar-refractivity contribution is 6.00. The van der Waals surface area contributed by atoms with Crippen molar-refractivity contribution in [3.05, 3.63) is 66.0 Å². The summed E-state index contributed by atoms with van der Waals surface area (Å²) in [6.45, 7) is 0. The molecule has 0 unspecified atom stereocenters. The number of hydrogen-bond donors (Lipinski definition) is 1. The lowest BCUT2D eigenvalue weighted by atomic mass is 9.94. The summed E-state index contributed by atoms with van der Waals surface area (Å²) in [7, 11) is 0. The van der Waals surface area contributed by atoms with Crippen LogP contribution in [-0.4, -0.2) is 0 Å². The minimum absolute atomic E-state index is 0.190. The Labute approximate surface area is 115 Å². The number of fused-ring (bicyclic) bond motifs is 1. The van der Waals surface area contributed by atoms with Crippen LogP contribution in [0.3, 0.4) is 0 Å². The van der Waals surface area contributed by atoms with Crippen LogP contribution in [0.4, 0.5) is 10.1 Å². The van der Waals surface area contributed by atoms with Crippen LogP contribution in [0.2, 0.25) is 0 Å². The summed E-state index contributed by atoms with van der Waals surface area (Å²) in [6, 6.07) is 18.0. The second kappa shape index (κ2) is 4.67. The molecule has 0 atom stereocenters. The number of benzene rings is 3. The molecule has 2 nitrogen and oxygen atoms in total. The summed E-state index contributed by atoms with van der Waals surface area (Å²) in [5.74, 6) is -0.386. The largest absolute Gasteiger partial charge is 0.397 e. The molecule has 3 aromatic carbocycles. The predicted octanol–water partition coefficient (Wildman–Crippen LogP) is 4.10. The van der Waals surface area contributed by atoms with E-state index in [9.17, 15) is 9.65 Å². The van der Waals surface area contributed by atoms with Gasteiger partial charge in [-0.1, -0.05) is 54.6 Å². The highest BCUT2D eigenvalue weighted by Gasteiger charge is 2.18. The van der Waals surface area contributed by atoms with E-state index in [4.69, 9.17) is 5.73 Å². The van der Waals surface area contributed by atoms with Crippen LogP contribution in [0.25, 0.3) is 21.9 Å². The Balaban J connectivity index is 2.48. The second-order valence-electron chi connectivity index (χ2n) is 4.50. The van der Waals surface area contributed by atoms with Crippen molar-refractivity contribution in [2.24, 2.45) is 0 Å². The number of halogens is 1. The maximum Gasteiger partial charge on any atom is 0.141 e. The van der Waals surface area contributed by atoms with Crippen molar-refractivity contribution in [3.8, 4) is 17.2 Å². The zero-order valence-electron chi connectivity index (χ0n) is 10.6. The van der Waals surface area contributed by atoms with Gasteiger partial charge < -0.3 is 5.73 Å². The van der Waals surface area contributed by atoms with Crippen molar-refractivity contribution in [1.29, 1.82) is 5.26 Å². The van der Waals surface area contributed by atoms with Gasteiger partial charge in [0.05, 0.1) is 11.3 Å². The number of hydrogen-bond acceptors (Lipinski definition) is 2. The van der Waals surface area contributed by atoms with Crippen molar-refractivity contribution < 1.29 is 4.39 Å². The van der Waals surface area contributed by atoms with Gasteiger partial charge in [0.2, 0.25) is 0 Å². The Morgan fingerprint density at radius 3 is 2.15 bits per heavy atom. The fraction of sp³-hybridized carbons (Fsp3) is 0. The number of nitriles is 1. The molecule has 0 saturated heterocycles. The molecule has 0 saturated carbocycles. The molecule has 3 rings (SSSR count). The second-order valence-corrected chi connectivity index (χ2v) is 4.50. The Morgan fingerprint density at radius 2 is 1.50 bits per heavy atom. The third kappa shape index (κ3) is 1.70. The van der Waals surface area contributed by atoms with Gasteiger partial charge in [-0.15, -0.1) is 0 Å². The first-order chi connectivity index (χ1) is 9.74. The average Bonchev–Trinajstić information content (AvgIpc) is 2.49. The molecule has 0 radical (unpaired) electrons. The van der Waals surface area contributed by atoms with E-state index in [1.54, 1.807) is 36.4 Å². The van der Waals surface area contributed by atoms with Crippen LogP contribution in [0, 0.1) is 17.1 Å². The van der Waals surface area contributed by atoms with E-state index < -0.39 is 0 Å². The summed E-state index contributed by atoms with van der Waals surface area (Å²) in [4.78, 5) is 0. The number of nitrogens with zero attached hydrogens (tertiary/aromatic N) is 1. The van der Waals surface area contributed by atoms with Crippen molar-refractivity contribution >= 4 is 16.5 Å². The number of rotatable bonds is 1. The Morgan fingerprint density at radius 1 is 0.900 bits per heavy atom. The maximum atomic E-state index is 14.7. The highest BCUT2D eigenvalue weighted by Crippen LogP contribution is 2.37. The van der Waals surface area contributed by atoms with Gasteiger partial charge in [-0.2, -0.15) is 5.26 Å². The number of anilines is 1. The molecule has 0 heterocycles. The monoisotopic (exact) mass is 262 g/mol. The first-order valence-electron chi connectivity index (χ1n) is 6.19. The molecule has 0 aromatic heterocycles. The Hall–Kier alpha value is -2.86. The summed E-state index contributed by atoms with van der Waals surface area (Å²) in [5.41, 5.74) is 7.50. The van der Waals surface area contributed by atoms with E-state index in [1.807, 2.05) is 18.2 Å². The van der Waals surface area contributed by atoms with Gasteiger partial charge in [0.25, 0.3) is 0 Å². The highest BCUT2D eigenvalue weighted by atomic mass is 19.1. The predicted molar refractivity (Wildman–Crippen MR) is 78.5 cm³/mol. The topological polar surface area (TPSA) is 49.8 Å². The summed E-state index contributed by atoms with van der Waals surface area (Å²) in [5, 5.41) is 10.3. The molecule has 20 heavy (non-hydrogen) atoms. The van der Waals surface area contributed by atoms with Gasteiger partial charge in [-0.3, -0.25) is 0 Å². The molecular formula is C17H11FN2. The van der Waals surface area contributed by atoms with E-state index in [2.05, 4.69) is 6.07 Å². The van der Waals surface area contributed by atoms with E-state index >= 15 is 0 Å². The normalized spacial score (nSPS) is 10.4. The van der Waals surface area contributed by atoms with Gasteiger partial charge in [0, 0.05) is 16.3 Å². The first-order valence-corrected chi connectivity index (χ1v) is 6.19. The van der Waals surface area contributed by atoms with E-state index in [0.29, 0.717) is 27.5 Å². The van der Waals surface area contributed by atoms with Gasteiger partial charge in [-0.25, -0.2) is 4.39 Å². The van der Waals surface area contributed by atoms with Gasteiger partial charge in [-0.05, 0) is 5.56 Å². The SMILES string of the molecule is N#Cc1c(N)c(-c2ccccc2)c(F)c2ccccc12. The van der Waals surface area contributed by atoms with Crippen LogP contribution in [-0.2, 0) is 0 Å². The fourth-order valence-electron chi connectivity index (χ4n) is 2.42. The van der Waals surface area contributed by atoms with Gasteiger partial charge in [0.1, 0.15) is 11.9 Å². The van der Waals surface area contributed by atoms with Crippen LogP contribution in [0.15, 0.2) is 54.6 Å². The molecule has 0 bridgehead atoms. The standard InChI is InChI=1S/C17H11FN2/c18-16-13-9-5-4-8-12(13)14(10-19)17(20)15(16)11-6-2-1-3-7-11/h1-9H,20H2. The molecule has 3 heteroatoms. The minimum Gasteiger partial charge on any atom is -0.397 e. The lowest BCUT2D eigenvalue weighted by molar-refractivity contribution is 0.643. The zero-order valence-corrected chi connectivity index (χ0v) is 10.6.